The smallest absolute Gasteiger partial charge is 0.0244 e. The van der Waals surface area contributed by atoms with Gasteiger partial charge in [-0.05, 0) is 44.8 Å². The van der Waals surface area contributed by atoms with E-state index in [1.165, 1.54) is 19.4 Å². The number of rotatable bonds is 5. The molecule has 0 aliphatic carbocycles. The number of piperidine rings is 1. The van der Waals surface area contributed by atoms with Crippen LogP contribution >= 0.6 is 0 Å². The van der Waals surface area contributed by atoms with Crippen LogP contribution in [0, 0.1) is 5.92 Å². The van der Waals surface area contributed by atoms with Crippen LogP contribution in [0.1, 0.15) is 19.3 Å². The van der Waals surface area contributed by atoms with Crippen molar-refractivity contribution in [2.75, 3.05) is 38.2 Å². The Hall–Kier alpha value is 0.0700. The van der Waals surface area contributed by atoms with Crippen LogP contribution in [-0.2, 0) is 10.8 Å². The van der Waals surface area contributed by atoms with Gasteiger partial charge in [-0.25, -0.2) is 0 Å². The lowest BCUT2D eigenvalue weighted by Gasteiger charge is -2.31. The summed E-state index contributed by atoms with van der Waals surface area (Å²) in [7, 11) is -0.632. The molecular formula is C10H22N2OS. The van der Waals surface area contributed by atoms with Crippen LogP contribution in [0.5, 0.6) is 0 Å². The molecule has 0 aromatic heterocycles. The van der Waals surface area contributed by atoms with E-state index in [4.69, 9.17) is 5.73 Å². The van der Waals surface area contributed by atoms with Gasteiger partial charge in [-0.15, -0.1) is 0 Å². The average Bonchev–Trinajstić information content (AvgIpc) is 2.18. The van der Waals surface area contributed by atoms with E-state index in [9.17, 15) is 4.21 Å². The van der Waals surface area contributed by atoms with Gasteiger partial charge < -0.3 is 10.6 Å². The van der Waals surface area contributed by atoms with E-state index in [2.05, 4.69) is 4.90 Å². The number of likely N-dealkylation sites (tertiary alicyclic amines) is 1. The van der Waals surface area contributed by atoms with Crippen LogP contribution in [0.2, 0.25) is 0 Å². The van der Waals surface area contributed by atoms with Crippen molar-refractivity contribution < 1.29 is 4.21 Å². The van der Waals surface area contributed by atoms with Crippen LogP contribution in [0.25, 0.3) is 0 Å². The van der Waals surface area contributed by atoms with Crippen molar-refractivity contribution in [1.29, 1.82) is 0 Å². The van der Waals surface area contributed by atoms with Crippen molar-refractivity contribution in [1.82, 2.24) is 4.90 Å². The number of nitrogens with zero attached hydrogens (tertiary/aromatic N) is 1. The summed E-state index contributed by atoms with van der Waals surface area (Å²) in [5, 5.41) is 0. The summed E-state index contributed by atoms with van der Waals surface area (Å²) < 4.78 is 10.9. The minimum absolute atomic E-state index is 0.632. The normalized spacial score (nSPS) is 26.3. The third-order valence-corrected chi connectivity index (χ3v) is 3.71. The molecule has 1 aliphatic heterocycles. The quantitative estimate of drug-likeness (QED) is 0.728. The summed E-state index contributed by atoms with van der Waals surface area (Å²) in [6, 6.07) is 0. The highest BCUT2D eigenvalue weighted by atomic mass is 32.2. The Bertz CT molecular complexity index is 187. The van der Waals surface area contributed by atoms with E-state index in [-0.39, 0.29) is 0 Å². The molecule has 1 aliphatic rings. The van der Waals surface area contributed by atoms with Gasteiger partial charge in [0.25, 0.3) is 0 Å². The van der Waals surface area contributed by atoms with E-state index >= 15 is 0 Å². The molecule has 2 unspecified atom stereocenters. The Labute approximate surface area is 89.5 Å². The molecule has 84 valence electrons. The van der Waals surface area contributed by atoms with Crippen molar-refractivity contribution in [3.05, 3.63) is 0 Å². The molecule has 0 bridgehead atoms. The predicted molar refractivity (Wildman–Crippen MR) is 61.8 cm³/mol. The van der Waals surface area contributed by atoms with Gasteiger partial charge in [-0.3, -0.25) is 4.21 Å². The molecule has 0 aromatic carbocycles. The first kappa shape index (κ1) is 12.1. The molecule has 1 rings (SSSR count). The highest BCUT2D eigenvalue weighted by Crippen LogP contribution is 2.15. The van der Waals surface area contributed by atoms with E-state index in [0.717, 1.165) is 31.8 Å². The lowest BCUT2D eigenvalue weighted by Crippen LogP contribution is -2.39. The monoisotopic (exact) mass is 218 g/mol. The topological polar surface area (TPSA) is 46.3 Å². The Morgan fingerprint density at radius 2 is 2.36 bits per heavy atom. The fourth-order valence-electron chi connectivity index (χ4n) is 2.04. The van der Waals surface area contributed by atoms with Crippen LogP contribution in [-0.4, -0.2) is 47.3 Å². The van der Waals surface area contributed by atoms with Crippen LogP contribution in [0.3, 0.4) is 0 Å². The summed E-state index contributed by atoms with van der Waals surface area (Å²) in [4.78, 5) is 2.47. The number of nitrogens with two attached hydrogens (primary N) is 1. The Morgan fingerprint density at radius 3 is 3.00 bits per heavy atom. The third-order valence-electron chi connectivity index (χ3n) is 2.84. The van der Waals surface area contributed by atoms with E-state index in [0.29, 0.717) is 5.92 Å². The van der Waals surface area contributed by atoms with Crippen molar-refractivity contribution in [2.24, 2.45) is 11.7 Å². The number of hydrogen-bond acceptors (Lipinski definition) is 3. The van der Waals surface area contributed by atoms with E-state index in [1.807, 2.05) is 0 Å². The SMILES string of the molecule is CS(=O)CCCN1CCCC(CN)C1. The predicted octanol–water partition coefficient (Wildman–Crippen LogP) is 0.426. The molecule has 0 aromatic rings. The Morgan fingerprint density at radius 1 is 1.57 bits per heavy atom. The summed E-state index contributed by atoms with van der Waals surface area (Å²) in [5.41, 5.74) is 5.67. The first-order valence-electron chi connectivity index (χ1n) is 5.45. The molecule has 0 saturated carbocycles. The largest absolute Gasteiger partial charge is 0.330 e. The van der Waals surface area contributed by atoms with Crippen LogP contribution in [0.4, 0.5) is 0 Å². The van der Waals surface area contributed by atoms with Gasteiger partial charge in [0.2, 0.25) is 0 Å². The molecule has 1 fully saturated rings. The molecule has 2 N–H and O–H groups in total. The summed E-state index contributed by atoms with van der Waals surface area (Å²) in [5.74, 6) is 1.53. The lowest BCUT2D eigenvalue weighted by molar-refractivity contribution is 0.179. The number of hydrogen-bond donors (Lipinski definition) is 1. The molecule has 14 heavy (non-hydrogen) atoms. The highest BCUT2D eigenvalue weighted by Gasteiger charge is 2.17. The van der Waals surface area contributed by atoms with Crippen molar-refractivity contribution in [3.63, 3.8) is 0 Å². The fraction of sp³-hybridized carbons (Fsp3) is 1.00. The van der Waals surface area contributed by atoms with Gasteiger partial charge in [0.15, 0.2) is 0 Å². The first-order chi connectivity index (χ1) is 6.72. The second-order valence-electron chi connectivity index (χ2n) is 4.18. The second-order valence-corrected chi connectivity index (χ2v) is 5.73. The average molecular weight is 218 g/mol. The van der Waals surface area contributed by atoms with Gasteiger partial charge >= 0.3 is 0 Å². The zero-order valence-corrected chi connectivity index (χ0v) is 9.89. The van der Waals surface area contributed by atoms with Gasteiger partial charge in [0.05, 0.1) is 0 Å². The maximum atomic E-state index is 10.9. The van der Waals surface area contributed by atoms with Crippen molar-refractivity contribution >= 4 is 10.8 Å². The molecule has 3 nitrogen and oxygen atoms in total. The van der Waals surface area contributed by atoms with Crippen LogP contribution < -0.4 is 5.73 Å². The Balaban J connectivity index is 2.14. The minimum atomic E-state index is -0.632. The van der Waals surface area contributed by atoms with Crippen LogP contribution in [0.15, 0.2) is 0 Å². The van der Waals surface area contributed by atoms with Gasteiger partial charge in [0, 0.05) is 29.4 Å². The molecule has 0 spiro atoms. The zero-order chi connectivity index (χ0) is 10.4. The zero-order valence-electron chi connectivity index (χ0n) is 9.08. The molecule has 0 radical (unpaired) electrons. The maximum Gasteiger partial charge on any atom is 0.0244 e. The van der Waals surface area contributed by atoms with Gasteiger partial charge in [0.1, 0.15) is 0 Å². The first-order valence-corrected chi connectivity index (χ1v) is 7.17. The molecule has 0 amide bonds. The molecule has 1 heterocycles. The van der Waals surface area contributed by atoms with Gasteiger partial charge in [-0.1, -0.05) is 0 Å². The van der Waals surface area contributed by atoms with Crippen molar-refractivity contribution in [2.45, 2.75) is 19.3 Å². The molecule has 1 saturated heterocycles. The fourth-order valence-corrected chi connectivity index (χ4v) is 2.57. The standard InChI is InChI=1S/C10H22N2OS/c1-14(13)7-3-6-12-5-2-4-10(8-11)9-12/h10H,2-9,11H2,1H3. The Kier molecular flexibility index (Phi) is 5.67. The van der Waals surface area contributed by atoms with Crippen molar-refractivity contribution in [3.8, 4) is 0 Å². The van der Waals surface area contributed by atoms with E-state index in [1.54, 1.807) is 6.26 Å². The second kappa shape index (κ2) is 6.53. The summed E-state index contributed by atoms with van der Waals surface area (Å²) >= 11 is 0. The highest BCUT2D eigenvalue weighted by molar-refractivity contribution is 7.84. The summed E-state index contributed by atoms with van der Waals surface area (Å²) in [6.45, 7) is 4.26. The minimum Gasteiger partial charge on any atom is -0.330 e. The molecule has 2 atom stereocenters. The van der Waals surface area contributed by atoms with E-state index < -0.39 is 10.8 Å². The summed E-state index contributed by atoms with van der Waals surface area (Å²) in [6.07, 6.45) is 5.39. The maximum absolute atomic E-state index is 10.9. The lowest BCUT2D eigenvalue weighted by atomic mass is 9.98. The molecular weight excluding hydrogens is 196 g/mol. The third kappa shape index (κ3) is 4.53. The molecule has 4 heteroatoms. The van der Waals surface area contributed by atoms with Gasteiger partial charge in [-0.2, -0.15) is 0 Å².